The Morgan fingerprint density at radius 3 is 2.95 bits per heavy atom. The van der Waals surface area contributed by atoms with Gasteiger partial charge in [-0.05, 0) is 40.8 Å². The number of hydrogen-bond donors (Lipinski definition) is 0. The van der Waals surface area contributed by atoms with Gasteiger partial charge in [-0.25, -0.2) is 4.39 Å². The first-order valence-electron chi connectivity index (χ1n) is 6.11. The van der Waals surface area contributed by atoms with Crippen molar-refractivity contribution < 1.29 is 9.13 Å². The monoisotopic (exact) mass is 382 g/mol. The highest BCUT2D eigenvalue weighted by atomic mass is 127. The van der Waals surface area contributed by atoms with E-state index < -0.39 is 0 Å². The molecular weight excluding hydrogens is 370 g/mol. The molecule has 0 aliphatic carbocycles. The molecule has 0 amide bonds. The first kappa shape index (κ1) is 13.4. The van der Waals surface area contributed by atoms with Gasteiger partial charge in [-0.15, -0.1) is 0 Å². The molecule has 0 radical (unpaired) electrons. The maximum absolute atomic E-state index is 14.2. The quantitative estimate of drug-likeness (QED) is 0.644. The Balaban J connectivity index is 2.03. The number of hydrogen-bond acceptors (Lipinski definition) is 2. The van der Waals surface area contributed by atoms with Crippen molar-refractivity contribution in [1.29, 1.82) is 0 Å². The van der Waals surface area contributed by atoms with Gasteiger partial charge in [-0.2, -0.15) is 5.10 Å². The SMILES string of the molecule is COc1cccc(Cn2ncc3ccc(I)cc32)c1F. The zero-order valence-corrected chi connectivity index (χ0v) is 13.0. The van der Waals surface area contributed by atoms with Crippen molar-refractivity contribution in [2.24, 2.45) is 0 Å². The van der Waals surface area contributed by atoms with Gasteiger partial charge in [0.05, 0.1) is 25.4 Å². The maximum Gasteiger partial charge on any atom is 0.170 e. The molecule has 2 aromatic carbocycles. The molecule has 0 aliphatic heterocycles. The lowest BCUT2D eigenvalue weighted by Crippen LogP contribution is -2.04. The molecule has 20 heavy (non-hydrogen) atoms. The lowest BCUT2D eigenvalue weighted by atomic mass is 10.2. The molecule has 0 atom stereocenters. The second-order valence-electron chi connectivity index (χ2n) is 4.44. The molecule has 3 aromatic rings. The van der Waals surface area contributed by atoms with Crippen LogP contribution in [0.3, 0.4) is 0 Å². The molecule has 0 fully saturated rings. The van der Waals surface area contributed by atoms with Gasteiger partial charge in [0.2, 0.25) is 0 Å². The minimum absolute atomic E-state index is 0.258. The summed E-state index contributed by atoms with van der Waals surface area (Å²) < 4.78 is 22.1. The average Bonchev–Trinajstić information content (AvgIpc) is 2.83. The third-order valence-electron chi connectivity index (χ3n) is 3.19. The zero-order chi connectivity index (χ0) is 14.1. The lowest BCUT2D eigenvalue weighted by Gasteiger charge is -2.08. The highest BCUT2D eigenvalue weighted by molar-refractivity contribution is 14.1. The molecule has 102 valence electrons. The molecule has 0 N–H and O–H groups in total. The van der Waals surface area contributed by atoms with E-state index in [2.05, 4.69) is 27.7 Å². The highest BCUT2D eigenvalue weighted by Crippen LogP contribution is 2.23. The number of methoxy groups -OCH3 is 1. The lowest BCUT2D eigenvalue weighted by molar-refractivity contribution is 0.383. The van der Waals surface area contributed by atoms with Crippen LogP contribution in [-0.4, -0.2) is 16.9 Å². The molecule has 3 rings (SSSR count). The topological polar surface area (TPSA) is 27.1 Å². The van der Waals surface area contributed by atoms with E-state index in [1.54, 1.807) is 29.1 Å². The Morgan fingerprint density at radius 2 is 2.15 bits per heavy atom. The van der Waals surface area contributed by atoms with E-state index in [1.807, 2.05) is 18.2 Å². The van der Waals surface area contributed by atoms with E-state index in [9.17, 15) is 4.39 Å². The number of ether oxygens (including phenoxy) is 1. The van der Waals surface area contributed by atoms with Crippen LogP contribution in [0.4, 0.5) is 4.39 Å². The smallest absolute Gasteiger partial charge is 0.170 e. The average molecular weight is 382 g/mol. The van der Waals surface area contributed by atoms with Gasteiger partial charge < -0.3 is 4.74 Å². The maximum atomic E-state index is 14.2. The van der Waals surface area contributed by atoms with Crippen molar-refractivity contribution in [2.75, 3.05) is 7.11 Å². The summed E-state index contributed by atoms with van der Waals surface area (Å²) in [5.41, 5.74) is 1.56. The Kier molecular flexibility index (Phi) is 3.60. The fraction of sp³-hybridized carbons (Fsp3) is 0.133. The van der Waals surface area contributed by atoms with E-state index >= 15 is 0 Å². The van der Waals surface area contributed by atoms with Crippen LogP contribution in [-0.2, 0) is 6.54 Å². The molecule has 0 aliphatic rings. The van der Waals surface area contributed by atoms with Crippen LogP contribution >= 0.6 is 22.6 Å². The summed E-state index contributed by atoms with van der Waals surface area (Å²) in [5, 5.41) is 5.38. The zero-order valence-electron chi connectivity index (χ0n) is 10.8. The molecule has 0 unspecified atom stereocenters. The molecular formula is C15H12FIN2O. The number of nitrogens with zero attached hydrogens (tertiary/aromatic N) is 2. The Morgan fingerprint density at radius 1 is 1.30 bits per heavy atom. The Hall–Kier alpha value is -1.63. The van der Waals surface area contributed by atoms with Crippen LogP contribution in [0.5, 0.6) is 5.75 Å². The summed E-state index contributed by atoms with van der Waals surface area (Å²) >= 11 is 2.26. The predicted molar refractivity (Wildman–Crippen MR) is 84.5 cm³/mol. The Labute approximate surface area is 129 Å². The first-order chi connectivity index (χ1) is 9.69. The molecule has 0 saturated carbocycles. The van der Waals surface area contributed by atoms with Crippen LogP contribution in [0.2, 0.25) is 0 Å². The summed E-state index contributed by atoms with van der Waals surface area (Å²) in [7, 11) is 1.47. The first-order valence-corrected chi connectivity index (χ1v) is 7.19. The summed E-state index contributed by atoms with van der Waals surface area (Å²) in [6, 6.07) is 11.2. The van der Waals surface area contributed by atoms with Crippen LogP contribution < -0.4 is 4.74 Å². The normalized spacial score (nSPS) is 10.9. The van der Waals surface area contributed by atoms with Crippen molar-refractivity contribution in [3.63, 3.8) is 0 Å². The van der Waals surface area contributed by atoms with Crippen LogP contribution in [0.1, 0.15) is 5.56 Å². The summed E-state index contributed by atoms with van der Waals surface area (Å²) in [5.74, 6) is -0.0715. The predicted octanol–water partition coefficient (Wildman–Crippen LogP) is 3.84. The number of aromatic nitrogens is 2. The van der Waals surface area contributed by atoms with Gasteiger partial charge in [0.25, 0.3) is 0 Å². The van der Waals surface area contributed by atoms with E-state index in [-0.39, 0.29) is 11.6 Å². The minimum atomic E-state index is -0.329. The minimum Gasteiger partial charge on any atom is -0.494 e. The van der Waals surface area contributed by atoms with Crippen molar-refractivity contribution in [3.05, 3.63) is 57.5 Å². The molecule has 5 heteroatoms. The van der Waals surface area contributed by atoms with E-state index in [4.69, 9.17) is 4.74 Å². The van der Waals surface area contributed by atoms with E-state index in [0.29, 0.717) is 12.1 Å². The van der Waals surface area contributed by atoms with Gasteiger partial charge >= 0.3 is 0 Å². The molecule has 0 spiro atoms. The van der Waals surface area contributed by atoms with Gasteiger partial charge in [-0.1, -0.05) is 18.2 Å². The van der Waals surface area contributed by atoms with Crippen LogP contribution in [0.25, 0.3) is 10.9 Å². The Bertz CT molecular complexity index is 770. The second-order valence-corrected chi connectivity index (χ2v) is 5.68. The summed E-state index contributed by atoms with van der Waals surface area (Å²) in [6.45, 7) is 0.382. The van der Waals surface area contributed by atoms with Crippen molar-refractivity contribution in [2.45, 2.75) is 6.54 Å². The fourth-order valence-electron chi connectivity index (χ4n) is 2.17. The highest BCUT2D eigenvalue weighted by Gasteiger charge is 2.11. The molecule has 1 heterocycles. The van der Waals surface area contributed by atoms with Crippen LogP contribution in [0.15, 0.2) is 42.6 Å². The standard InChI is InChI=1S/C15H12FIN2O/c1-20-14-4-2-3-11(15(14)16)9-19-13-7-12(17)6-5-10(13)8-18-19/h2-8H,9H2,1H3. The third kappa shape index (κ3) is 2.37. The van der Waals surface area contributed by atoms with Gasteiger partial charge in [-0.3, -0.25) is 4.68 Å². The fourth-order valence-corrected chi connectivity index (χ4v) is 2.64. The summed E-state index contributed by atoms with van der Waals surface area (Å²) in [6.07, 6.45) is 1.80. The second kappa shape index (κ2) is 5.40. The number of halogens is 2. The van der Waals surface area contributed by atoms with Gasteiger partial charge in [0, 0.05) is 14.5 Å². The summed E-state index contributed by atoms with van der Waals surface area (Å²) in [4.78, 5) is 0. The molecule has 0 saturated heterocycles. The third-order valence-corrected chi connectivity index (χ3v) is 3.86. The van der Waals surface area contributed by atoms with Crippen LogP contribution in [0, 0.1) is 9.39 Å². The molecule has 1 aromatic heterocycles. The van der Waals surface area contributed by atoms with E-state index in [0.717, 1.165) is 14.5 Å². The largest absolute Gasteiger partial charge is 0.494 e. The van der Waals surface area contributed by atoms with Crippen molar-refractivity contribution in [3.8, 4) is 5.75 Å². The van der Waals surface area contributed by atoms with Gasteiger partial charge in [0.15, 0.2) is 11.6 Å². The van der Waals surface area contributed by atoms with Crippen molar-refractivity contribution >= 4 is 33.5 Å². The number of benzene rings is 2. The molecule has 0 bridgehead atoms. The van der Waals surface area contributed by atoms with E-state index in [1.165, 1.54) is 7.11 Å². The molecule has 3 nitrogen and oxygen atoms in total. The van der Waals surface area contributed by atoms with Gasteiger partial charge in [0.1, 0.15) is 0 Å². The van der Waals surface area contributed by atoms with Crippen molar-refractivity contribution in [1.82, 2.24) is 9.78 Å². The number of fused-ring (bicyclic) bond motifs is 1. The number of rotatable bonds is 3.